The molecule has 1 fully saturated rings. The zero-order valence-electron chi connectivity index (χ0n) is 10.4. The van der Waals surface area contributed by atoms with Gasteiger partial charge in [0.1, 0.15) is 6.10 Å². The lowest BCUT2D eigenvalue weighted by atomic mass is 10.1. The van der Waals surface area contributed by atoms with Crippen molar-refractivity contribution in [2.24, 2.45) is 20.7 Å². The third kappa shape index (κ3) is 2.05. The van der Waals surface area contributed by atoms with Crippen LogP contribution in [0.25, 0.3) is 0 Å². The molecule has 21 heavy (non-hydrogen) atoms. The standard InChI is InChI=1S/C10H11N5O5S/c11-9-13-6-3(7(18)14-9)12-10(19)15(6)8-5(21)4(17)2(1-16)20-8/h2,4-5,8,16-17,21H,1H2,(H2,11,14,18)/t2-,4-,5-,8-/m1/s1. The van der Waals surface area contributed by atoms with Crippen molar-refractivity contribution in [1.29, 1.82) is 0 Å². The van der Waals surface area contributed by atoms with E-state index < -0.39 is 42.2 Å². The Hall–Kier alpha value is -1.82. The maximum Gasteiger partial charge on any atom is 0.352 e. The molecule has 112 valence electrons. The molecule has 3 rings (SSSR count). The molecule has 0 bridgehead atoms. The summed E-state index contributed by atoms with van der Waals surface area (Å²) in [5.74, 6) is -1.17. The number of carbonyl (C=O) groups is 2. The number of aliphatic hydroxyl groups excluding tert-OH is 2. The van der Waals surface area contributed by atoms with Crippen LogP contribution >= 0.6 is 12.6 Å². The molecule has 0 aromatic carbocycles. The van der Waals surface area contributed by atoms with E-state index in [-0.39, 0.29) is 17.5 Å². The first kappa shape index (κ1) is 14.1. The van der Waals surface area contributed by atoms with Gasteiger partial charge in [-0.2, -0.15) is 27.6 Å². The maximum absolute atomic E-state index is 12.0. The summed E-state index contributed by atoms with van der Waals surface area (Å²) in [5.41, 5.74) is 5.17. The van der Waals surface area contributed by atoms with E-state index in [0.717, 1.165) is 4.90 Å². The Morgan fingerprint density at radius 1 is 1.33 bits per heavy atom. The largest absolute Gasteiger partial charge is 0.394 e. The zero-order chi connectivity index (χ0) is 15.3. The molecule has 3 heterocycles. The van der Waals surface area contributed by atoms with Crippen molar-refractivity contribution < 1.29 is 24.5 Å². The number of hydrogen-bond donors (Lipinski definition) is 4. The van der Waals surface area contributed by atoms with E-state index in [1.165, 1.54) is 0 Å². The van der Waals surface area contributed by atoms with Gasteiger partial charge in [-0.1, -0.05) is 0 Å². The van der Waals surface area contributed by atoms with E-state index in [1.54, 1.807) is 0 Å². The molecule has 0 saturated carbocycles. The number of amidine groups is 1. The fourth-order valence-electron chi connectivity index (χ4n) is 2.27. The van der Waals surface area contributed by atoms with Gasteiger partial charge in [0.25, 0.3) is 0 Å². The average Bonchev–Trinajstić information content (AvgIpc) is 2.89. The van der Waals surface area contributed by atoms with Gasteiger partial charge < -0.3 is 20.7 Å². The fraction of sp³-hybridized carbons (Fsp3) is 0.500. The number of nitrogens with zero attached hydrogens (tertiary/aromatic N) is 4. The number of guanidine groups is 1. The lowest BCUT2D eigenvalue weighted by Crippen LogP contribution is -2.48. The summed E-state index contributed by atoms with van der Waals surface area (Å²) in [6.07, 6.45) is -3.03. The van der Waals surface area contributed by atoms with Gasteiger partial charge in [0, 0.05) is 0 Å². The van der Waals surface area contributed by atoms with Gasteiger partial charge in [0.05, 0.1) is 18.0 Å². The van der Waals surface area contributed by atoms with Crippen molar-refractivity contribution in [2.75, 3.05) is 6.61 Å². The Balaban J connectivity index is 1.95. The molecule has 0 spiro atoms. The van der Waals surface area contributed by atoms with Gasteiger partial charge in [0.15, 0.2) is 17.8 Å². The smallest absolute Gasteiger partial charge is 0.352 e. The first-order valence-corrected chi connectivity index (χ1v) is 6.47. The van der Waals surface area contributed by atoms with Crippen molar-refractivity contribution in [3.05, 3.63) is 0 Å². The van der Waals surface area contributed by atoms with Gasteiger partial charge in [0.2, 0.25) is 5.96 Å². The van der Waals surface area contributed by atoms with Crippen molar-refractivity contribution in [1.82, 2.24) is 4.90 Å². The Bertz CT molecular complexity index is 617. The number of hydrogen-bond acceptors (Lipinski definition) is 8. The lowest BCUT2D eigenvalue weighted by Gasteiger charge is -2.26. The molecule has 10 nitrogen and oxygen atoms in total. The second-order valence-electron chi connectivity index (χ2n) is 4.55. The summed E-state index contributed by atoms with van der Waals surface area (Å²) < 4.78 is 5.39. The van der Waals surface area contributed by atoms with E-state index in [4.69, 9.17) is 15.6 Å². The normalized spacial score (nSPS) is 35.6. The molecular weight excluding hydrogens is 302 g/mol. The van der Waals surface area contributed by atoms with Crippen LogP contribution in [-0.2, 0) is 9.53 Å². The topological polar surface area (TPSA) is 150 Å². The second-order valence-corrected chi connectivity index (χ2v) is 5.15. The van der Waals surface area contributed by atoms with Crippen LogP contribution in [0.2, 0.25) is 0 Å². The second kappa shape index (κ2) is 4.87. The van der Waals surface area contributed by atoms with Crippen LogP contribution in [0.3, 0.4) is 0 Å². The predicted molar refractivity (Wildman–Crippen MR) is 73.3 cm³/mol. The molecule has 0 unspecified atom stereocenters. The first-order chi connectivity index (χ1) is 9.93. The van der Waals surface area contributed by atoms with Gasteiger partial charge in [-0.25, -0.2) is 9.69 Å². The number of fused-ring (bicyclic) bond motifs is 1. The molecule has 3 aliphatic heterocycles. The van der Waals surface area contributed by atoms with Gasteiger partial charge in [-0.05, 0) is 0 Å². The summed E-state index contributed by atoms with van der Waals surface area (Å²) in [6, 6.07) is -0.795. The summed E-state index contributed by atoms with van der Waals surface area (Å²) in [6.45, 7) is -0.445. The highest BCUT2D eigenvalue weighted by Gasteiger charge is 2.51. The minimum Gasteiger partial charge on any atom is -0.394 e. The van der Waals surface area contributed by atoms with E-state index in [2.05, 4.69) is 27.6 Å². The van der Waals surface area contributed by atoms with E-state index in [9.17, 15) is 14.7 Å². The number of aliphatic hydroxyl groups is 2. The van der Waals surface area contributed by atoms with Gasteiger partial charge >= 0.3 is 11.9 Å². The number of urea groups is 1. The van der Waals surface area contributed by atoms with E-state index in [0.29, 0.717) is 0 Å². The quantitative estimate of drug-likeness (QED) is 0.414. The average molecular weight is 313 g/mol. The molecule has 0 aromatic heterocycles. The molecular formula is C10H11N5O5S. The summed E-state index contributed by atoms with van der Waals surface area (Å²) in [5, 5.41) is 18.2. The number of carbonyl (C=O) groups excluding carboxylic acids is 2. The van der Waals surface area contributed by atoms with E-state index >= 15 is 0 Å². The lowest BCUT2D eigenvalue weighted by molar-refractivity contribution is -0.111. The third-order valence-corrected chi connectivity index (χ3v) is 3.82. The fourth-order valence-corrected chi connectivity index (χ4v) is 2.66. The summed E-state index contributed by atoms with van der Waals surface area (Å²) in [4.78, 5) is 35.4. The third-order valence-electron chi connectivity index (χ3n) is 3.26. The van der Waals surface area contributed by atoms with E-state index in [1.807, 2.05) is 0 Å². The van der Waals surface area contributed by atoms with Crippen LogP contribution in [0, 0.1) is 0 Å². The summed E-state index contributed by atoms with van der Waals surface area (Å²) >= 11 is 4.18. The molecule has 3 aliphatic rings. The number of thiol groups is 1. The minimum absolute atomic E-state index is 0.0904. The molecule has 0 aliphatic carbocycles. The molecule has 11 heteroatoms. The number of ether oxygens (including phenoxy) is 1. The molecule has 3 amide bonds. The van der Waals surface area contributed by atoms with Crippen molar-refractivity contribution in [3.63, 3.8) is 0 Å². The monoisotopic (exact) mass is 313 g/mol. The molecule has 4 atom stereocenters. The van der Waals surface area contributed by atoms with Crippen molar-refractivity contribution in [3.8, 4) is 0 Å². The Morgan fingerprint density at radius 3 is 2.67 bits per heavy atom. The number of rotatable bonds is 2. The Kier molecular flexibility index (Phi) is 3.28. The van der Waals surface area contributed by atoms with Crippen LogP contribution in [0.15, 0.2) is 15.0 Å². The zero-order valence-corrected chi connectivity index (χ0v) is 11.3. The van der Waals surface area contributed by atoms with Crippen molar-refractivity contribution in [2.45, 2.75) is 23.7 Å². The highest BCUT2D eigenvalue weighted by Crippen LogP contribution is 2.30. The Morgan fingerprint density at radius 2 is 2.05 bits per heavy atom. The highest BCUT2D eigenvalue weighted by atomic mass is 32.1. The maximum atomic E-state index is 12.0. The SMILES string of the molecule is NC1=NC(=O)C2=NC(=O)N([C@@H]3O[C@H](CO)[C@@H](O)[C@H]3S)C2=N1. The molecule has 1 saturated heterocycles. The Labute approximate surface area is 123 Å². The number of amides is 3. The predicted octanol–water partition coefficient (Wildman–Crippen LogP) is -2.51. The van der Waals surface area contributed by atoms with Crippen molar-refractivity contribution >= 4 is 42.1 Å². The number of aliphatic imine (C=N–C) groups is 3. The van der Waals surface area contributed by atoms with Gasteiger partial charge in [-0.15, -0.1) is 0 Å². The molecule has 4 N–H and O–H groups in total. The van der Waals surface area contributed by atoms with Crippen LogP contribution in [-0.4, -0.2) is 74.9 Å². The van der Waals surface area contributed by atoms with Crippen LogP contribution < -0.4 is 5.73 Å². The van der Waals surface area contributed by atoms with Gasteiger partial charge in [-0.3, -0.25) is 4.79 Å². The first-order valence-electron chi connectivity index (χ1n) is 5.96. The van der Waals surface area contributed by atoms with Crippen LogP contribution in [0.1, 0.15) is 0 Å². The van der Waals surface area contributed by atoms with Crippen LogP contribution in [0.4, 0.5) is 4.79 Å². The molecule has 0 radical (unpaired) electrons. The minimum atomic E-state index is -1.09. The molecule has 0 aromatic rings. The summed E-state index contributed by atoms with van der Waals surface area (Å²) in [7, 11) is 0. The number of nitrogens with two attached hydrogens (primary N) is 1. The van der Waals surface area contributed by atoms with Crippen LogP contribution in [0.5, 0.6) is 0 Å². The highest BCUT2D eigenvalue weighted by molar-refractivity contribution is 7.81.